The molecule has 2 aromatic carbocycles. The van der Waals surface area contributed by atoms with E-state index in [-0.39, 0.29) is 11.4 Å². The van der Waals surface area contributed by atoms with Crippen LogP contribution in [-0.2, 0) is 0 Å². The number of aromatic nitrogens is 2. The van der Waals surface area contributed by atoms with E-state index >= 15 is 0 Å². The van der Waals surface area contributed by atoms with Gasteiger partial charge in [-0.3, -0.25) is 9.36 Å². The quantitative estimate of drug-likeness (QED) is 0.589. The number of aldehydes is 1. The van der Waals surface area contributed by atoms with Gasteiger partial charge in [0, 0.05) is 43.5 Å². The van der Waals surface area contributed by atoms with Gasteiger partial charge >= 0.3 is 6.36 Å². The molecule has 0 radical (unpaired) electrons. The first-order chi connectivity index (χ1) is 14.4. The number of imidazole rings is 1. The highest BCUT2D eigenvalue weighted by Gasteiger charge is 2.33. The van der Waals surface area contributed by atoms with E-state index < -0.39 is 6.36 Å². The van der Waals surface area contributed by atoms with Gasteiger partial charge in [0.15, 0.2) is 5.75 Å². The molecule has 0 bridgehead atoms. The van der Waals surface area contributed by atoms with E-state index in [1.54, 1.807) is 30.3 Å². The Morgan fingerprint density at radius 3 is 2.53 bits per heavy atom. The minimum atomic E-state index is -4.83. The third-order valence-corrected chi connectivity index (χ3v) is 5.32. The molecule has 1 aliphatic rings. The number of hydrogen-bond acceptors (Lipinski definition) is 5. The molecule has 9 heteroatoms. The average molecular weight is 418 g/mol. The number of carbonyl (C=O) groups excluding carboxylic acids is 1. The van der Waals surface area contributed by atoms with Gasteiger partial charge in [0.25, 0.3) is 0 Å². The van der Waals surface area contributed by atoms with Crippen LogP contribution in [0.1, 0.15) is 17.3 Å². The zero-order valence-electron chi connectivity index (χ0n) is 16.4. The van der Waals surface area contributed by atoms with E-state index in [0.29, 0.717) is 28.6 Å². The van der Waals surface area contributed by atoms with Gasteiger partial charge < -0.3 is 14.5 Å². The lowest BCUT2D eigenvalue weighted by Gasteiger charge is -2.35. The summed E-state index contributed by atoms with van der Waals surface area (Å²) in [7, 11) is 0. The number of piperazine rings is 1. The van der Waals surface area contributed by atoms with Gasteiger partial charge in [-0.2, -0.15) is 0 Å². The number of benzene rings is 2. The molecule has 0 aliphatic carbocycles. The van der Waals surface area contributed by atoms with Crippen LogP contribution in [0.5, 0.6) is 5.75 Å². The second kappa shape index (κ2) is 7.98. The molecule has 0 N–H and O–H groups in total. The van der Waals surface area contributed by atoms with Crippen LogP contribution in [0.4, 0.5) is 18.9 Å². The molecule has 6 nitrogen and oxygen atoms in total. The van der Waals surface area contributed by atoms with Crippen molar-refractivity contribution in [3.05, 3.63) is 48.3 Å². The maximum Gasteiger partial charge on any atom is 0.573 e. The van der Waals surface area contributed by atoms with Crippen molar-refractivity contribution >= 4 is 23.0 Å². The SMILES string of the molecule is CCN1CCN(c2ccc(-n3cnc4ccc(C=O)cc43)c(OC(F)(F)F)c2)CC1. The third kappa shape index (κ3) is 4.11. The van der Waals surface area contributed by atoms with Crippen LogP contribution < -0.4 is 9.64 Å². The number of likely N-dealkylation sites (N-methyl/N-ethyl adjacent to an activating group) is 1. The second-order valence-corrected chi connectivity index (χ2v) is 7.10. The Morgan fingerprint density at radius 2 is 1.87 bits per heavy atom. The topological polar surface area (TPSA) is 50.6 Å². The van der Waals surface area contributed by atoms with E-state index in [4.69, 9.17) is 0 Å². The minimum Gasteiger partial charge on any atom is -0.403 e. The van der Waals surface area contributed by atoms with Crippen molar-refractivity contribution in [3.63, 3.8) is 0 Å². The van der Waals surface area contributed by atoms with Crippen molar-refractivity contribution < 1.29 is 22.7 Å². The van der Waals surface area contributed by atoms with Crippen LogP contribution in [0.3, 0.4) is 0 Å². The van der Waals surface area contributed by atoms with Crippen molar-refractivity contribution in [1.82, 2.24) is 14.5 Å². The van der Waals surface area contributed by atoms with Crippen LogP contribution in [0.15, 0.2) is 42.7 Å². The molecule has 158 valence electrons. The van der Waals surface area contributed by atoms with E-state index in [2.05, 4.69) is 26.4 Å². The zero-order valence-corrected chi connectivity index (χ0v) is 16.4. The largest absolute Gasteiger partial charge is 0.573 e. The molecule has 0 atom stereocenters. The Hall–Kier alpha value is -3.07. The van der Waals surface area contributed by atoms with Gasteiger partial charge in [-0.1, -0.05) is 6.92 Å². The summed E-state index contributed by atoms with van der Waals surface area (Å²) in [5.74, 6) is -0.311. The summed E-state index contributed by atoms with van der Waals surface area (Å²) in [6, 6.07) is 9.65. The first-order valence-corrected chi connectivity index (χ1v) is 9.67. The van der Waals surface area contributed by atoms with Gasteiger partial charge in [-0.25, -0.2) is 4.98 Å². The van der Waals surface area contributed by atoms with E-state index in [1.807, 2.05) is 0 Å². The normalized spacial score (nSPS) is 15.5. The van der Waals surface area contributed by atoms with Gasteiger partial charge in [0.2, 0.25) is 0 Å². The number of hydrogen-bond donors (Lipinski definition) is 0. The molecule has 0 saturated carbocycles. The molecule has 30 heavy (non-hydrogen) atoms. The number of anilines is 1. The fourth-order valence-corrected chi connectivity index (χ4v) is 3.72. The highest BCUT2D eigenvalue weighted by atomic mass is 19.4. The predicted octanol–water partition coefficient (Wildman–Crippen LogP) is 3.88. The van der Waals surface area contributed by atoms with Crippen LogP contribution in [0, 0.1) is 0 Å². The summed E-state index contributed by atoms with van der Waals surface area (Å²) in [5, 5.41) is 0. The van der Waals surface area contributed by atoms with Crippen molar-refractivity contribution in [3.8, 4) is 11.4 Å². The number of ether oxygens (including phenoxy) is 1. The molecular formula is C21H21F3N4O2. The third-order valence-electron chi connectivity index (χ3n) is 5.32. The molecular weight excluding hydrogens is 397 g/mol. The lowest BCUT2D eigenvalue weighted by atomic mass is 10.2. The highest BCUT2D eigenvalue weighted by molar-refractivity contribution is 5.86. The zero-order chi connectivity index (χ0) is 21.3. The molecule has 0 unspecified atom stereocenters. The molecule has 1 fully saturated rings. The van der Waals surface area contributed by atoms with E-state index in [1.165, 1.54) is 17.0 Å². The molecule has 0 spiro atoms. The first-order valence-electron chi connectivity index (χ1n) is 9.67. The molecule has 3 aromatic rings. The Balaban J connectivity index is 1.75. The molecule has 1 saturated heterocycles. The van der Waals surface area contributed by atoms with Crippen LogP contribution in [-0.4, -0.2) is 59.8 Å². The Morgan fingerprint density at radius 1 is 1.10 bits per heavy atom. The predicted molar refractivity (Wildman–Crippen MR) is 107 cm³/mol. The lowest BCUT2D eigenvalue weighted by Crippen LogP contribution is -2.46. The Labute approximate surface area is 171 Å². The van der Waals surface area contributed by atoms with Crippen LogP contribution >= 0.6 is 0 Å². The van der Waals surface area contributed by atoms with Crippen molar-refractivity contribution in [2.45, 2.75) is 13.3 Å². The van der Waals surface area contributed by atoms with E-state index in [9.17, 15) is 18.0 Å². The summed E-state index contributed by atoms with van der Waals surface area (Å²) < 4.78 is 45.3. The molecule has 1 aromatic heterocycles. The minimum absolute atomic E-state index is 0.203. The first kappa shape index (κ1) is 20.2. The number of halogens is 3. The maximum atomic E-state index is 13.2. The lowest BCUT2D eigenvalue weighted by molar-refractivity contribution is -0.274. The van der Waals surface area contributed by atoms with Gasteiger partial charge in [0.1, 0.15) is 12.6 Å². The second-order valence-electron chi connectivity index (χ2n) is 7.10. The van der Waals surface area contributed by atoms with Crippen molar-refractivity contribution in [2.75, 3.05) is 37.6 Å². The summed E-state index contributed by atoms with van der Waals surface area (Å²) in [6.07, 6.45) is -2.72. The van der Waals surface area contributed by atoms with Crippen LogP contribution in [0.2, 0.25) is 0 Å². The number of carbonyl (C=O) groups is 1. The van der Waals surface area contributed by atoms with Gasteiger partial charge in [-0.05, 0) is 36.9 Å². The van der Waals surface area contributed by atoms with Crippen molar-refractivity contribution in [2.24, 2.45) is 0 Å². The van der Waals surface area contributed by atoms with Crippen molar-refractivity contribution in [1.29, 1.82) is 0 Å². The Kier molecular flexibility index (Phi) is 5.38. The van der Waals surface area contributed by atoms with E-state index in [0.717, 1.165) is 32.7 Å². The standard InChI is InChI=1S/C21H21F3N4O2/c1-2-26-7-9-27(10-8-26)16-4-6-18(20(12-16)30-21(22,23)24)28-14-25-17-5-3-15(13-29)11-19(17)28/h3-6,11-14H,2,7-10H2,1H3. The van der Waals surface area contributed by atoms with Gasteiger partial charge in [-0.15, -0.1) is 13.2 Å². The highest BCUT2D eigenvalue weighted by Crippen LogP contribution is 2.35. The summed E-state index contributed by atoms with van der Waals surface area (Å²) in [5.41, 5.74) is 2.38. The monoisotopic (exact) mass is 418 g/mol. The number of nitrogens with zero attached hydrogens (tertiary/aromatic N) is 4. The Bertz CT molecular complexity index is 1060. The molecule has 1 aliphatic heterocycles. The fraction of sp³-hybridized carbons (Fsp3) is 0.333. The maximum absolute atomic E-state index is 13.2. The smallest absolute Gasteiger partial charge is 0.403 e. The fourth-order valence-electron chi connectivity index (χ4n) is 3.72. The molecule has 4 rings (SSSR count). The summed E-state index contributed by atoms with van der Waals surface area (Å²) in [4.78, 5) is 19.7. The average Bonchev–Trinajstić information content (AvgIpc) is 3.15. The van der Waals surface area contributed by atoms with Crippen LogP contribution in [0.25, 0.3) is 16.7 Å². The number of rotatable bonds is 5. The number of fused-ring (bicyclic) bond motifs is 1. The molecule has 2 heterocycles. The van der Waals surface area contributed by atoms with Gasteiger partial charge in [0.05, 0.1) is 16.7 Å². The molecule has 0 amide bonds. The summed E-state index contributed by atoms with van der Waals surface area (Å²) in [6.45, 7) is 6.21. The number of alkyl halides is 3. The summed E-state index contributed by atoms with van der Waals surface area (Å²) >= 11 is 0.